The Morgan fingerprint density at radius 3 is 2.85 bits per heavy atom. The Labute approximate surface area is 126 Å². The molecule has 0 amide bonds. The number of halogens is 1. The molecule has 1 N–H and O–H groups in total. The van der Waals surface area contributed by atoms with Gasteiger partial charge in [-0.2, -0.15) is 0 Å². The molecular weight excluding hydrogens is 298 g/mol. The summed E-state index contributed by atoms with van der Waals surface area (Å²) in [7, 11) is 0. The highest BCUT2D eigenvalue weighted by Crippen LogP contribution is 2.28. The van der Waals surface area contributed by atoms with Crippen LogP contribution in [0.3, 0.4) is 0 Å². The van der Waals surface area contributed by atoms with Gasteiger partial charge in [0.15, 0.2) is 11.0 Å². The minimum atomic E-state index is -0.874. The van der Waals surface area contributed by atoms with Crippen LogP contribution in [0.25, 0.3) is 11.4 Å². The average molecular weight is 312 g/mol. The summed E-state index contributed by atoms with van der Waals surface area (Å²) in [4.78, 5) is 10.7. The lowest BCUT2D eigenvalue weighted by Crippen LogP contribution is -2.03. The van der Waals surface area contributed by atoms with Crippen molar-refractivity contribution in [3.63, 3.8) is 0 Å². The molecule has 7 heteroatoms. The number of aryl methyl sites for hydroxylation is 1. The minimum Gasteiger partial charge on any atom is -0.481 e. The number of carbonyl (C=O) groups is 1. The van der Waals surface area contributed by atoms with Gasteiger partial charge in [0.2, 0.25) is 0 Å². The molecule has 0 saturated heterocycles. The molecule has 0 aliphatic heterocycles. The fourth-order valence-corrected chi connectivity index (χ4v) is 2.74. The van der Waals surface area contributed by atoms with Crippen LogP contribution in [-0.2, 0) is 11.3 Å². The predicted octanol–water partition coefficient (Wildman–Crippen LogP) is 3.10. The van der Waals surface area contributed by atoms with E-state index in [1.54, 1.807) is 0 Å². The molecule has 0 aliphatic carbocycles. The summed E-state index contributed by atoms with van der Waals surface area (Å²) in [5.74, 6) is -0.200. The van der Waals surface area contributed by atoms with Gasteiger partial charge in [-0.1, -0.05) is 29.4 Å². The van der Waals surface area contributed by atoms with Gasteiger partial charge in [-0.25, -0.2) is 0 Å². The van der Waals surface area contributed by atoms with Gasteiger partial charge in [-0.3, -0.25) is 4.79 Å². The van der Waals surface area contributed by atoms with Crippen LogP contribution < -0.4 is 0 Å². The van der Waals surface area contributed by atoms with Gasteiger partial charge in [0, 0.05) is 17.1 Å². The summed E-state index contributed by atoms with van der Waals surface area (Å²) in [5, 5.41) is 18.2. The highest BCUT2D eigenvalue weighted by molar-refractivity contribution is 7.99. The summed E-state index contributed by atoms with van der Waals surface area (Å²) in [6.45, 7) is 4.61. The lowest BCUT2D eigenvalue weighted by Gasteiger charge is -2.09. The number of hydrogen-bond donors (Lipinski definition) is 1. The van der Waals surface area contributed by atoms with Crippen molar-refractivity contribution < 1.29 is 9.90 Å². The first-order valence-electron chi connectivity index (χ1n) is 6.07. The van der Waals surface area contributed by atoms with Gasteiger partial charge < -0.3 is 9.67 Å². The molecule has 1 heterocycles. The van der Waals surface area contributed by atoms with Crippen LogP contribution in [0.2, 0.25) is 5.02 Å². The molecule has 0 unspecified atom stereocenters. The van der Waals surface area contributed by atoms with Crippen molar-refractivity contribution in [2.75, 3.05) is 5.75 Å². The Morgan fingerprint density at radius 2 is 2.20 bits per heavy atom. The summed E-state index contributed by atoms with van der Waals surface area (Å²) < 4.78 is 1.90. The Kier molecular flexibility index (Phi) is 4.67. The quantitative estimate of drug-likeness (QED) is 0.859. The van der Waals surface area contributed by atoms with E-state index in [1.807, 2.05) is 36.6 Å². The summed E-state index contributed by atoms with van der Waals surface area (Å²) in [6.07, 6.45) is 0. The van der Waals surface area contributed by atoms with E-state index in [1.165, 1.54) is 0 Å². The second-order valence-electron chi connectivity index (χ2n) is 4.19. The average Bonchev–Trinajstić information content (AvgIpc) is 2.81. The van der Waals surface area contributed by atoms with Gasteiger partial charge in [-0.05, 0) is 31.5 Å². The minimum absolute atomic E-state index is 0.0351. The third-order valence-corrected chi connectivity index (χ3v) is 3.98. The first-order valence-corrected chi connectivity index (χ1v) is 7.43. The zero-order chi connectivity index (χ0) is 14.7. The fourth-order valence-electron chi connectivity index (χ4n) is 1.84. The second-order valence-corrected chi connectivity index (χ2v) is 5.57. The molecule has 1 aromatic heterocycles. The molecule has 0 radical (unpaired) electrons. The maximum absolute atomic E-state index is 10.7. The smallest absolute Gasteiger partial charge is 0.313 e. The topological polar surface area (TPSA) is 68.0 Å². The summed E-state index contributed by atoms with van der Waals surface area (Å²) in [6, 6.07) is 5.60. The maximum atomic E-state index is 10.7. The number of thioether (sulfide) groups is 1. The molecular formula is C13H14ClN3O2S. The maximum Gasteiger partial charge on any atom is 0.313 e. The number of hydrogen-bond acceptors (Lipinski definition) is 4. The molecule has 20 heavy (non-hydrogen) atoms. The van der Waals surface area contributed by atoms with Crippen molar-refractivity contribution in [2.24, 2.45) is 0 Å². The summed E-state index contributed by atoms with van der Waals surface area (Å²) in [5.41, 5.74) is 1.96. The Bertz CT molecular complexity index is 643. The molecule has 0 atom stereocenters. The summed E-state index contributed by atoms with van der Waals surface area (Å²) >= 11 is 7.19. The second kappa shape index (κ2) is 6.28. The first-order chi connectivity index (χ1) is 9.52. The van der Waals surface area contributed by atoms with Crippen LogP contribution >= 0.6 is 23.4 Å². The lowest BCUT2D eigenvalue weighted by atomic mass is 10.1. The Morgan fingerprint density at radius 1 is 1.45 bits per heavy atom. The van der Waals surface area contributed by atoms with E-state index < -0.39 is 5.97 Å². The lowest BCUT2D eigenvalue weighted by molar-refractivity contribution is -0.133. The molecule has 0 fully saturated rings. The molecule has 2 aromatic rings. The van der Waals surface area contributed by atoms with Crippen molar-refractivity contribution in [1.29, 1.82) is 0 Å². The van der Waals surface area contributed by atoms with Crippen LogP contribution in [0.15, 0.2) is 23.4 Å². The van der Waals surface area contributed by atoms with Crippen molar-refractivity contribution in [3.8, 4) is 11.4 Å². The standard InChI is InChI=1S/C13H14ClN3O2S/c1-3-17-12(10-6-9(14)5-4-8(10)2)15-16-13(17)20-7-11(18)19/h4-6H,3,7H2,1-2H3,(H,18,19). The Hall–Kier alpha value is -1.53. The number of nitrogens with zero attached hydrogens (tertiary/aromatic N) is 3. The van der Waals surface area contributed by atoms with Gasteiger partial charge in [0.25, 0.3) is 0 Å². The number of aromatic nitrogens is 3. The van der Waals surface area contributed by atoms with Crippen LogP contribution in [-0.4, -0.2) is 31.6 Å². The molecule has 2 rings (SSSR count). The van der Waals surface area contributed by atoms with Gasteiger partial charge >= 0.3 is 5.97 Å². The largest absolute Gasteiger partial charge is 0.481 e. The van der Waals surface area contributed by atoms with Crippen molar-refractivity contribution in [2.45, 2.75) is 25.5 Å². The zero-order valence-corrected chi connectivity index (χ0v) is 12.7. The monoisotopic (exact) mass is 311 g/mol. The van der Waals surface area contributed by atoms with E-state index in [0.717, 1.165) is 22.9 Å². The number of aliphatic carboxylic acids is 1. The molecule has 0 spiro atoms. The zero-order valence-electron chi connectivity index (χ0n) is 11.1. The van der Waals surface area contributed by atoms with E-state index in [0.29, 0.717) is 22.5 Å². The number of rotatable bonds is 5. The number of benzene rings is 1. The highest BCUT2D eigenvalue weighted by Gasteiger charge is 2.16. The van der Waals surface area contributed by atoms with Gasteiger partial charge in [0.1, 0.15) is 0 Å². The number of carboxylic acids is 1. The van der Waals surface area contributed by atoms with E-state index in [2.05, 4.69) is 10.2 Å². The molecule has 0 aliphatic rings. The molecule has 106 valence electrons. The third-order valence-electron chi connectivity index (χ3n) is 2.80. The highest BCUT2D eigenvalue weighted by atomic mass is 35.5. The van der Waals surface area contributed by atoms with Crippen molar-refractivity contribution in [3.05, 3.63) is 28.8 Å². The van der Waals surface area contributed by atoms with Crippen LogP contribution in [0.5, 0.6) is 0 Å². The SMILES string of the molecule is CCn1c(SCC(=O)O)nnc1-c1cc(Cl)ccc1C. The number of carboxylic acid groups (broad SMARTS) is 1. The predicted molar refractivity (Wildman–Crippen MR) is 79.2 cm³/mol. The molecule has 0 saturated carbocycles. The van der Waals surface area contributed by atoms with Crippen LogP contribution in [0.4, 0.5) is 0 Å². The van der Waals surface area contributed by atoms with Crippen LogP contribution in [0, 0.1) is 6.92 Å². The van der Waals surface area contributed by atoms with E-state index in [-0.39, 0.29) is 5.75 Å². The van der Waals surface area contributed by atoms with E-state index in [4.69, 9.17) is 16.7 Å². The van der Waals surface area contributed by atoms with E-state index in [9.17, 15) is 4.79 Å². The van der Waals surface area contributed by atoms with Gasteiger partial charge in [-0.15, -0.1) is 10.2 Å². The normalized spacial score (nSPS) is 10.8. The van der Waals surface area contributed by atoms with E-state index >= 15 is 0 Å². The first kappa shape index (κ1) is 14.9. The van der Waals surface area contributed by atoms with Crippen LogP contribution in [0.1, 0.15) is 12.5 Å². The van der Waals surface area contributed by atoms with Crippen molar-refractivity contribution in [1.82, 2.24) is 14.8 Å². The van der Waals surface area contributed by atoms with Gasteiger partial charge in [0.05, 0.1) is 5.75 Å². The fraction of sp³-hybridized carbons (Fsp3) is 0.308. The molecule has 5 nitrogen and oxygen atoms in total. The Balaban J connectivity index is 2.42. The van der Waals surface area contributed by atoms with Crippen molar-refractivity contribution >= 4 is 29.3 Å². The third kappa shape index (κ3) is 3.13. The molecule has 0 bridgehead atoms. The molecule has 1 aromatic carbocycles.